The van der Waals surface area contributed by atoms with Crippen molar-refractivity contribution in [3.63, 3.8) is 0 Å². The van der Waals surface area contributed by atoms with Gasteiger partial charge in [-0.05, 0) is 51.5 Å². The third-order valence-electron chi connectivity index (χ3n) is 7.87. The smallest absolute Gasteiger partial charge is 0.410 e. The van der Waals surface area contributed by atoms with E-state index in [9.17, 15) is 9.59 Å². The summed E-state index contributed by atoms with van der Waals surface area (Å²) in [5.41, 5.74) is 7.74. The molecule has 3 saturated heterocycles. The number of rotatable bonds is 5. The fourth-order valence-electron chi connectivity index (χ4n) is 5.71. The topological polar surface area (TPSA) is 127 Å². The first kappa shape index (κ1) is 27.1. The molecule has 2 aromatic heterocycles. The van der Waals surface area contributed by atoms with E-state index in [0.717, 1.165) is 63.2 Å². The van der Waals surface area contributed by atoms with Crippen LogP contribution in [0.3, 0.4) is 0 Å². The Morgan fingerprint density at radius 2 is 1.77 bits per heavy atom. The van der Waals surface area contributed by atoms with Crippen LogP contribution < -0.4 is 15.5 Å². The molecule has 2 aromatic rings. The number of pyridine rings is 1. The average Bonchev–Trinajstić information content (AvgIpc) is 3.33. The lowest BCUT2D eigenvalue weighted by molar-refractivity contribution is 0.0266. The predicted octanol–water partition coefficient (Wildman–Crippen LogP) is 2.94. The van der Waals surface area contributed by atoms with E-state index in [1.54, 1.807) is 18.6 Å². The predicted molar refractivity (Wildman–Crippen MR) is 148 cm³/mol. The number of hydrogen-bond acceptors (Lipinski definition) is 10. The lowest BCUT2D eigenvalue weighted by Crippen LogP contribution is -2.43. The number of carbonyl (C=O) groups is 2. The van der Waals surface area contributed by atoms with Crippen LogP contribution in [0.5, 0.6) is 0 Å². The van der Waals surface area contributed by atoms with Crippen molar-refractivity contribution in [2.24, 2.45) is 5.41 Å². The zero-order valence-electron chi connectivity index (χ0n) is 23.2. The highest BCUT2D eigenvalue weighted by Gasteiger charge is 2.43. The van der Waals surface area contributed by atoms with E-state index in [1.165, 1.54) is 0 Å². The van der Waals surface area contributed by atoms with Gasteiger partial charge >= 0.3 is 6.09 Å². The van der Waals surface area contributed by atoms with Crippen LogP contribution in [0.25, 0.3) is 0 Å². The number of morpholine rings is 1. The Bertz CT molecular complexity index is 1200. The minimum atomic E-state index is -0.500. The molecule has 2 N–H and O–H groups in total. The Kier molecular flexibility index (Phi) is 7.61. The third-order valence-corrected chi connectivity index (χ3v) is 7.87. The molecule has 3 aliphatic heterocycles. The number of aromatic nitrogens is 3. The number of anilines is 3. The van der Waals surface area contributed by atoms with Gasteiger partial charge in [-0.2, -0.15) is 0 Å². The molecule has 0 aliphatic carbocycles. The normalized spacial score (nSPS) is 19.4. The summed E-state index contributed by atoms with van der Waals surface area (Å²) in [5.74, 6) is 0.614. The number of nitrogens with two attached hydrogens (primary N) is 1. The molecule has 3 fully saturated rings. The SMILES string of the molecule is CC(C)(C)OC(=O)N1CCC2(CCN(c3cnc(N)c(C(=O)Cc4cnccc4N4CCOCC4)n3)CC2)C1. The van der Waals surface area contributed by atoms with Crippen LogP contribution in [0.4, 0.5) is 22.1 Å². The van der Waals surface area contributed by atoms with E-state index in [0.29, 0.717) is 25.6 Å². The second-order valence-electron chi connectivity index (χ2n) is 11.8. The summed E-state index contributed by atoms with van der Waals surface area (Å²) >= 11 is 0. The molecule has 210 valence electrons. The lowest BCUT2D eigenvalue weighted by Gasteiger charge is -2.39. The van der Waals surface area contributed by atoms with Crippen molar-refractivity contribution in [2.75, 3.05) is 68.0 Å². The summed E-state index contributed by atoms with van der Waals surface area (Å²) in [7, 11) is 0. The first-order chi connectivity index (χ1) is 18.6. The highest BCUT2D eigenvalue weighted by Crippen LogP contribution is 2.41. The molecule has 3 aliphatic rings. The molecule has 0 atom stereocenters. The summed E-state index contributed by atoms with van der Waals surface area (Å²) < 4.78 is 11.1. The molecule has 0 radical (unpaired) electrons. The van der Waals surface area contributed by atoms with Crippen molar-refractivity contribution in [1.29, 1.82) is 0 Å². The number of hydrogen-bond donors (Lipinski definition) is 1. The van der Waals surface area contributed by atoms with E-state index in [1.807, 2.05) is 31.7 Å². The number of Topliss-reactive ketones (excluding diaryl/α,β-unsaturated/α-hetero) is 1. The summed E-state index contributed by atoms with van der Waals surface area (Å²) in [6, 6.07) is 1.94. The van der Waals surface area contributed by atoms with Gasteiger partial charge in [0.15, 0.2) is 17.3 Å². The summed E-state index contributed by atoms with van der Waals surface area (Å²) in [6.07, 6.45) is 7.87. The average molecular weight is 538 g/mol. The minimum absolute atomic E-state index is 0.0868. The molecule has 0 aromatic carbocycles. The molecule has 1 spiro atoms. The molecule has 11 nitrogen and oxygen atoms in total. The number of carbonyl (C=O) groups excluding carboxylic acids is 2. The zero-order chi connectivity index (χ0) is 27.6. The van der Waals surface area contributed by atoms with Crippen molar-refractivity contribution in [2.45, 2.75) is 52.1 Å². The van der Waals surface area contributed by atoms with Crippen LogP contribution in [-0.4, -0.2) is 89.8 Å². The van der Waals surface area contributed by atoms with E-state index in [2.05, 4.69) is 24.8 Å². The molecule has 5 rings (SSSR count). The van der Waals surface area contributed by atoms with Crippen LogP contribution in [0, 0.1) is 5.41 Å². The fraction of sp³-hybridized carbons (Fsp3) is 0.607. The van der Waals surface area contributed by atoms with Gasteiger partial charge in [0.25, 0.3) is 0 Å². The van der Waals surface area contributed by atoms with Gasteiger partial charge in [0.05, 0.1) is 19.4 Å². The maximum atomic E-state index is 13.4. The highest BCUT2D eigenvalue weighted by atomic mass is 16.6. The fourth-order valence-corrected chi connectivity index (χ4v) is 5.71. The number of piperidine rings is 1. The molecule has 0 unspecified atom stereocenters. The molecule has 39 heavy (non-hydrogen) atoms. The Labute approximate surface area is 229 Å². The summed E-state index contributed by atoms with van der Waals surface area (Å²) in [6.45, 7) is 11.5. The first-order valence-electron chi connectivity index (χ1n) is 13.8. The Hall–Kier alpha value is -3.47. The van der Waals surface area contributed by atoms with E-state index in [4.69, 9.17) is 15.2 Å². The van der Waals surface area contributed by atoms with Gasteiger partial charge in [-0.25, -0.2) is 14.8 Å². The van der Waals surface area contributed by atoms with Gasteiger partial charge in [0, 0.05) is 69.3 Å². The van der Waals surface area contributed by atoms with Gasteiger partial charge < -0.3 is 29.9 Å². The standard InChI is InChI=1S/C28H39N7O4/c1-27(2,3)39-26(37)35-11-7-28(19-35)5-9-34(10-6-28)23-18-31-25(29)24(32-23)22(36)16-20-17-30-8-4-21(20)33-12-14-38-15-13-33/h4,8,17-18H,5-7,9-16,19H2,1-3H3,(H2,29,31). The molecule has 5 heterocycles. The van der Waals surface area contributed by atoms with Gasteiger partial charge in [0.1, 0.15) is 11.4 Å². The minimum Gasteiger partial charge on any atom is -0.444 e. The molecular weight excluding hydrogens is 498 g/mol. The van der Waals surface area contributed by atoms with Crippen LogP contribution in [0.15, 0.2) is 24.7 Å². The van der Waals surface area contributed by atoms with Crippen molar-refractivity contribution < 1.29 is 19.1 Å². The second-order valence-corrected chi connectivity index (χ2v) is 11.8. The molecule has 0 saturated carbocycles. The zero-order valence-corrected chi connectivity index (χ0v) is 23.2. The van der Waals surface area contributed by atoms with Crippen molar-refractivity contribution >= 4 is 29.2 Å². The number of nitrogen functional groups attached to an aromatic ring is 1. The van der Waals surface area contributed by atoms with Crippen LogP contribution in [0.2, 0.25) is 0 Å². The van der Waals surface area contributed by atoms with Gasteiger partial charge in [-0.15, -0.1) is 0 Å². The molecule has 1 amide bonds. The van der Waals surface area contributed by atoms with Crippen LogP contribution in [-0.2, 0) is 15.9 Å². The van der Waals surface area contributed by atoms with Gasteiger partial charge in [-0.1, -0.05) is 0 Å². The monoisotopic (exact) mass is 537 g/mol. The third kappa shape index (κ3) is 6.24. The van der Waals surface area contributed by atoms with Crippen molar-refractivity contribution in [1.82, 2.24) is 19.9 Å². The second kappa shape index (κ2) is 11.0. The summed E-state index contributed by atoms with van der Waals surface area (Å²) in [4.78, 5) is 45.4. The largest absolute Gasteiger partial charge is 0.444 e. The molecule has 0 bridgehead atoms. The van der Waals surface area contributed by atoms with Crippen molar-refractivity contribution in [3.05, 3.63) is 35.9 Å². The van der Waals surface area contributed by atoms with Gasteiger partial charge in [-0.3, -0.25) is 9.78 Å². The Morgan fingerprint density at radius 1 is 1.05 bits per heavy atom. The van der Waals surface area contributed by atoms with Crippen LogP contribution in [0.1, 0.15) is 56.1 Å². The first-order valence-corrected chi connectivity index (χ1v) is 13.8. The Balaban J connectivity index is 1.23. The maximum absolute atomic E-state index is 13.4. The maximum Gasteiger partial charge on any atom is 0.410 e. The van der Waals surface area contributed by atoms with E-state index < -0.39 is 5.60 Å². The number of amides is 1. The number of ether oxygens (including phenoxy) is 2. The number of likely N-dealkylation sites (tertiary alicyclic amines) is 1. The van der Waals surface area contributed by atoms with Crippen molar-refractivity contribution in [3.8, 4) is 0 Å². The van der Waals surface area contributed by atoms with Gasteiger partial charge in [0.2, 0.25) is 0 Å². The lowest BCUT2D eigenvalue weighted by atomic mass is 9.78. The highest BCUT2D eigenvalue weighted by molar-refractivity contribution is 6.00. The number of ketones is 1. The molecule has 11 heteroatoms. The van der Waals surface area contributed by atoms with Crippen LogP contribution >= 0.6 is 0 Å². The quantitative estimate of drug-likeness (QED) is 0.569. The number of nitrogens with zero attached hydrogens (tertiary/aromatic N) is 6. The summed E-state index contributed by atoms with van der Waals surface area (Å²) in [5, 5.41) is 0. The van der Waals surface area contributed by atoms with E-state index in [-0.39, 0.29) is 35.2 Å². The molecular formula is C28H39N7O4. The van der Waals surface area contributed by atoms with E-state index >= 15 is 0 Å². The Morgan fingerprint density at radius 3 is 2.49 bits per heavy atom.